The van der Waals surface area contributed by atoms with E-state index in [1.54, 1.807) is 19.1 Å². The predicted octanol–water partition coefficient (Wildman–Crippen LogP) is 6.49. The van der Waals surface area contributed by atoms with Crippen LogP contribution in [0.25, 0.3) is 0 Å². The molecule has 0 saturated heterocycles. The minimum absolute atomic E-state index is 0.0306. The van der Waals surface area contributed by atoms with Crippen LogP contribution in [-0.4, -0.2) is 59.5 Å². The molecule has 0 aliphatic heterocycles. The average molecular weight is 487 g/mol. The van der Waals surface area contributed by atoms with E-state index in [9.17, 15) is 9.90 Å². The van der Waals surface area contributed by atoms with Crippen molar-refractivity contribution in [3.8, 4) is 0 Å². The summed E-state index contributed by atoms with van der Waals surface area (Å²) in [4.78, 5) is 13.5. The van der Waals surface area contributed by atoms with E-state index in [0.717, 1.165) is 51.4 Å². The van der Waals surface area contributed by atoms with Crippen LogP contribution in [0, 0.1) is 0 Å². The van der Waals surface area contributed by atoms with Crippen molar-refractivity contribution in [3.05, 3.63) is 12.2 Å². The van der Waals surface area contributed by atoms with Crippen LogP contribution in [0.3, 0.4) is 0 Å². The maximum absolute atomic E-state index is 12.1. The Morgan fingerprint density at radius 3 is 2.10 bits per heavy atom. The van der Waals surface area contributed by atoms with Gasteiger partial charge in [0.05, 0.1) is 19.3 Å². The first kappa shape index (κ1) is 30.0. The largest absolute Gasteiger partial charge is 0.394 e. The number of halogens is 3. The van der Waals surface area contributed by atoms with Crippen LogP contribution in [0.2, 0.25) is 0 Å². The van der Waals surface area contributed by atoms with Crippen molar-refractivity contribution in [3.63, 3.8) is 0 Å². The van der Waals surface area contributed by atoms with Crippen molar-refractivity contribution in [1.29, 1.82) is 0 Å². The molecule has 0 aliphatic rings. The third-order valence-electron chi connectivity index (χ3n) is 5.28. The SMILES string of the molecule is COC[C@@H](CO)N(C)C(=O)CC/C=C\CCCC[C@H](Cl)CCCCCCCC(Cl)Cl. The molecular formula is C23H42Cl3NO3. The van der Waals surface area contributed by atoms with E-state index in [4.69, 9.17) is 39.5 Å². The normalized spacial score (nSPS) is 13.8. The number of nitrogens with zero attached hydrogens (tertiary/aromatic N) is 1. The van der Waals surface area contributed by atoms with Gasteiger partial charge in [-0.1, -0.05) is 50.7 Å². The van der Waals surface area contributed by atoms with E-state index in [2.05, 4.69) is 12.2 Å². The number of likely N-dealkylation sites (N-methyl/N-ethyl adjacent to an activating group) is 1. The average Bonchev–Trinajstić information content (AvgIpc) is 2.72. The van der Waals surface area contributed by atoms with Gasteiger partial charge >= 0.3 is 0 Å². The van der Waals surface area contributed by atoms with E-state index in [-0.39, 0.29) is 28.8 Å². The second-order valence-electron chi connectivity index (χ2n) is 7.92. The topological polar surface area (TPSA) is 49.8 Å². The number of hydrogen-bond acceptors (Lipinski definition) is 3. The van der Waals surface area contributed by atoms with Crippen molar-refractivity contribution in [2.45, 2.75) is 99.7 Å². The molecule has 30 heavy (non-hydrogen) atoms. The highest BCUT2D eigenvalue weighted by Crippen LogP contribution is 2.18. The van der Waals surface area contributed by atoms with E-state index < -0.39 is 0 Å². The molecule has 0 bridgehead atoms. The minimum Gasteiger partial charge on any atom is -0.394 e. The van der Waals surface area contributed by atoms with E-state index in [1.807, 2.05) is 0 Å². The highest BCUT2D eigenvalue weighted by atomic mass is 35.5. The Morgan fingerprint density at radius 2 is 1.50 bits per heavy atom. The number of methoxy groups -OCH3 is 1. The smallest absolute Gasteiger partial charge is 0.223 e. The van der Waals surface area contributed by atoms with E-state index in [1.165, 1.54) is 25.7 Å². The summed E-state index contributed by atoms with van der Waals surface area (Å²) in [6, 6.07) is -0.274. The molecule has 1 amide bonds. The highest BCUT2D eigenvalue weighted by molar-refractivity contribution is 6.44. The molecule has 0 radical (unpaired) electrons. The number of carbonyl (C=O) groups is 1. The van der Waals surface area contributed by atoms with Crippen LogP contribution in [0.1, 0.15) is 83.5 Å². The zero-order valence-electron chi connectivity index (χ0n) is 18.8. The number of hydrogen-bond donors (Lipinski definition) is 1. The number of aliphatic hydroxyl groups excluding tert-OH is 1. The number of unbranched alkanes of at least 4 members (excludes halogenated alkanes) is 6. The van der Waals surface area contributed by atoms with Crippen molar-refractivity contribution in [1.82, 2.24) is 4.90 Å². The molecule has 0 fully saturated rings. The van der Waals surface area contributed by atoms with Gasteiger partial charge in [0, 0.05) is 26.0 Å². The number of carbonyl (C=O) groups excluding carboxylic acids is 1. The highest BCUT2D eigenvalue weighted by Gasteiger charge is 2.18. The minimum atomic E-state index is -0.274. The second kappa shape index (κ2) is 20.9. The summed E-state index contributed by atoms with van der Waals surface area (Å²) in [5, 5.41) is 9.59. The molecule has 1 N–H and O–H groups in total. The zero-order chi connectivity index (χ0) is 22.6. The van der Waals surface area contributed by atoms with E-state index in [0.29, 0.717) is 13.0 Å². The molecule has 0 saturated carbocycles. The molecule has 0 unspecified atom stereocenters. The number of aliphatic hydroxyl groups is 1. The van der Waals surface area contributed by atoms with E-state index >= 15 is 0 Å². The summed E-state index contributed by atoms with van der Waals surface area (Å²) in [6.45, 7) is 0.261. The summed E-state index contributed by atoms with van der Waals surface area (Å²) in [5.74, 6) is 0.0306. The maximum atomic E-state index is 12.1. The molecule has 0 spiro atoms. The number of ether oxygens (including phenoxy) is 1. The lowest BCUT2D eigenvalue weighted by molar-refractivity contribution is -0.133. The first-order valence-electron chi connectivity index (χ1n) is 11.3. The van der Waals surface area contributed by atoms with Crippen molar-refractivity contribution in [2.75, 3.05) is 27.4 Å². The van der Waals surface area contributed by atoms with Gasteiger partial charge in [-0.3, -0.25) is 4.79 Å². The maximum Gasteiger partial charge on any atom is 0.223 e. The van der Waals surface area contributed by atoms with Crippen LogP contribution < -0.4 is 0 Å². The molecule has 0 aromatic carbocycles. The Hall–Kier alpha value is -0.000000000000000111. The molecule has 0 aromatic rings. The van der Waals surface area contributed by atoms with Crippen molar-refractivity contribution in [2.24, 2.45) is 0 Å². The molecule has 2 atom stereocenters. The Balaban J connectivity index is 3.60. The van der Waals surface area contributed by atoms with Gasteiger partial charge in [0.2, 0.25) is 5.91 Å². The van der Waals surface area contributed by atoms with Crippen molar-refractivity contribution >= 4 is 40.7 Å². The molecule has 178 valence electrons. The van der Waals surface area contributed by atoms with Crippen LogP contribution in [0.15, 0.2) is 12.2 Å². The third-order valence-corrected chi connectivity index (χ3v) is 6.15. The first-order chi connectivity index (χ1) is 14.4. The second-order valence-corrected chi connectivity index (χ2v) is 9.82. The fourth-order valence-corrected chi connectivity index (χ4v) is 3.89. The Kier molecular flexibility index (Phi) is 20.9. The Morgan fingerprint density at radius 1 is 0.933 bits per heavy atom. The summed E-state index contributed by atoms with van der Waals surface area (Å²) >= 11 is 17.9. The lowest BCUT2D eigenvalue weighted by Gasteiger charge is -2.25. The van der Waals surface area contributed by atoms with Crippen LogP contribution in [0.4, 0.5) is 0 Å². The van der Waals surface area contributed by atoms with Gasteiger partial charge in [-0.2, -0.15) is 0 Å². The van der Waals surface area contributed by atoms with Crippen LogP contribution >= 0.6 is 34.8 Å². The molecule has 0 aliphatic carbocycles. The fourth-order valence-electron chi connectivity index (χ4n) is 3.27. The monoisotopic (exact) mass is 485 g/mol. The summed E-state index contributed by atoms with van der Waals surface area (Å²) in [6.07, 6.45) is 17.7. The molecule has 0 rings (SSSR count). The van der Waals surface area contributed by atoms with Crippen molar-refractivity contribution < 1.29 is 14.6 Å². The van der Waals surface area contributed by atoms with Gasteiger partial charge in [0.1, 0.15) is 4.84 Å². The molecule has 0 heterocycles. The molecule has 7 heteroatoms. The number of amides is 1. The summed E-state index contributed by atoms with van der Waals surface area (Å²) in [5.41, 5.74) is 0. The standard InChI is InChI=1S/C23H42Cl3NO3/c1-27(21(18-28)19-30-2)23(29)17-13-9-4-3-6-10-14-20(24)15-11-7-5-8-12-16-22(25)26/h4,9,20-22,28H,3,5-8,10-19H2,1-2H3/b9-4-/t20-,21+/m0/s1. The van der Waals surface area contributed by atoms with Gasteiger partial charge < -0.3 is 14.7 Å². The summed E-state index contributed by atoms with van der Waals surface area (Å²) in [7, 11) is 3.28. The van der Waals surface area contributed by atoms with Gasteiger partial charge in [0.25, 0.3) is 0 Å². The lowest BCUT2D eigenvalue weighted by Crippen LogP contribution is -2.42. The predicted molar refractivity (Wildman–Crippen MR) is 130 cm³/mol. The van der Waals surface area contributed by atoms with Gasteiger partial charge in [-0.05, 0) is 38.5 Å². The Labute approximate surface area is 199 Å². The fraction of sp³-hybridized carbons (Fsp3) is 0.870. The van der Waals surface area contributed by atoms with Gasteiger partial charge in [-0.25, -0.2) is 0 Å². The first-order valence-corrected chi connectivity index (χ1v) is 12.7. The van der Waals surface area contributed by atoms with Gasteiger partial charge in [-0.15, -0.1) is 34.8 Å². The number of rotatable bonds is 20. The summed E-state index contributed by atoms with van der Waals surface area (Å²) < 4.78 is 5.03. The third kappa shape index (κ3) is 17.7. The van der Waals surface area contributed by atoms with Crippen LogP contribution in [-0.2, 0) is 9.53 Å². The lowest BCUT2D eigenvalue weighted by atomic mass is 10.0. The number of alkyl halides is 3. The molecule has 4 nitrogen and oxygen atoms in total. The molecular weight excluding hydrogens is 445 g/mol. The van der Waals surface area contributed by atoms with Gasteiger partial charge in [0.15, 0.2) is 0 Å². The van der Waals surface area contributed by atoms with Crippen LogP contribution in [0.5, 0.6) is 0 Å². The molecule has 0 aromatic heterocycles. The zero-order valence-corrected chi connectivity index (χ0v) is 21.1. The Bertz CT molecular complexity index is 436. The number of allylic oxidation sites excluding steroid dienone is 2. The quantitative estimate of drug-likeness (QED) is 0.121.